The maximum Gasteiger partial charge on any atom is 0.164 e. The Morgan fingerprint density at radius 2 is 0.928 bits per heavy atom. The van der Waals surface area contributed by atoms with Crippen molar-refractivity contribution in [2.24, 2.45) is 0 Å². The molecule has 3 nitrogen and oxygen atoms in total. The Balaban J connectivity index is 1.03. The van der Waals surface area contributed by atoms with Gasteiger partial charge in [0.05, 0.1) is 0 Å². The van der Waals surface area contributed by atoms with Gasteiger partial charge < -0.3 is 0 Å². The summed E-state index contributed by atoms with van der Waals surface area (Å²) in [6, 6.07) is 76.2. The van der Waals surface area contributed by atoms with Crippen molar-refractivity contribution >= 4 is 106 Å². The van der Waals surface area contributed by atoms with E-state index in [-0.39, 0.29) is 5.92 Å². The fourth-order valence-electron chi connectivity index (χ4n) is 11.4. The van der Waals surface area contributed by atoms with Crippen LogP contribution in [0.2, 0.25) is 0 Å². The van der Waals surface area contributed by atoms with Crippen LogP contribution >= 0.6 is 22.7 Å². The summed E-state index contributed by atoms with van der Waals surface area (Å²) in [5.41, 5.74) is 9.61. The lowest BCUT2D eigenvalue weighted by Gasteiger charge is -2.24. The first kappa shape index (κ1) is 39.0. The summed E-state index contributed by atoms with van der Waals surface area (Å²) in [5.74, 6) is 2.04. The molecule has 1 unspecified atom stereocenters. The number of hydrogen-bond acceptors (Lipinski definition) is 5. The van der Waals surface area contributed by atoms with Crippen LogP contribution in [0.1, 0.15) is 29.0 Å². The predicted octanol–water partition coefficient (Wildman–Crippen LogP) is 18.0. The molecule has 0 N–H and O–H groups in total. The highest BCUT2D eigenvalue weighted by atomic mass is 32.1. The molecule has 0 aliphatic heterocycles. The molecule has 0 fully saturated rings. The molecular weight excluding hydrogens is 875 g/mol. The molecule has 1 aliphatic carbocycles. The fraction of sp³-hybridized carbons (Fsp3) is 0.0469. The number of aromatic nitrogens is 3. The Hall–Kier alpha value is -8.09. The van der Waals surface area contributed by atoms with Gasteiger partial charge in [-0.2, -0.15) is 0 Å². The number of rotatable bonds is 4. The second-order valence-corrected chi connectivity index (χ2v) is 20.7. The van der Waals surface area contributed by atoms with Gasteiger partial charge in [-0.25, -0.2) is 15.0 Å². The molecule has 0 saturated carbocycles. The van der Waals surface area contributed by atoms with Gasteiger partial charge in [-0.3, -0.25) is 0 Å². The van der Waals surface area contributed by atoms with E-state index in [2.05, 4.69) is 206 Å². The Morgan fingerprint density at radius 1 is 0.348 bits per heavy atom. The van der Waals surface area contributed by atoms with Gasteiger partial charge in [0.2, 0.25) is 0 Å². The topological polar surface area (TPSA) is 38.7 Å². The monoisotopic (exact) mass is 913 g/mol. The third kappa shape index (κ3) is 6.21. The summed E-state index contributed by atoms with van der Waals surface area (Å²) in [6.45, 7) is 0. The first-order chi connectivity index (χ1) is 34.1. The summed E-state index contributed by atoms with van der Waals surface area (Å²) < 4.78 is 5.03. The largest absolute Gasteiger partial charge is 0.208 e. The van der Waals surface area contributed by atoms with Gasteiger partial charge in [-0.1, -0.05) is 170 Å². The molecular formula is C64H39N3S2. The van der Waals surface area contributed by atoms with Gasteiger partial charge in [0.1, 0.15) is 0 Å². The highest BCUT2D eigenvalue weighted by Crippen LogP contribution is 2.50. The van der Waals surface area contributed by atoms with Crippen LogP contribution in [0.5, 0.6) is 0 Å². The maximum atomic E-state index is 5.59. The van der Waals surface area contributed by atoms with Crippen molar-refractivity contribution in [2.75, 3.05) is 0 Å². The molecule has 0 amide bonds. The normalized spacial score (nSPS) is 13.8. The van der Waals surface area contributed by atoms with Gasteiger partial charge >= 0.3 is 0 Å². The number of fused-ring (bicyclic) bond motifs is 15. The SMILES string of the molecule is c1ccc2cc(-c3nc(-c4ccc5c(c4)sc4ccccc45)nc(-c4cc5sc6c7ccccc7ccc6c5cc4C4CCc5cc6ccccc6cc5-c5ccc6ccccc6c54)n3)ccc2c1. The van der Waals surface area contributed by atoms with Crippen LogP contribution in [0, 0.1) is 0 Å². The third-order valence-electron chi connectivity index (χ3n) is 14.7. The predicted molar refractivity (Wildman–Crippen MR) is 294 cm³/mol. The molecule has 14 aromatic rings. The van der Waals surface area contributed by atoms with E-state index in [0.717, 1.165) is 34.9 Å². The number of nitrogens with zero attached hydrogens (tertiary/aromatic N) is 3. The van der Waals surface area contributed by atoms with E-state index in [4.69, 9.17) is 15.0 Å². The van der Waals surface area contributed by atoms with Crippen molar-refractivity contribution in [1.82, 2.24) is 15.0 Å². The lowest BCUT2D eigenvalue weighted by molar-refractivity contribution is 0.732. The van der Waals surface area contributed by atoms with Gasteiger partial charge in [0.15, 0.2) is 17.5 Å². The molecule has 15 rings (SSSR count). The molecule has 3 heterocycles. The van der Waals surface area contributed by atoms with Crippen LogP contribution < -0.4 is 0 Å². The third-order valence-corrected chi connectivity index (χ3v) is 17.0. The average Bonchev–Trinajstić information content (AvgIpc) is 3.93. The standard InChI is InChI=1S/C64H39N3S2/c1-2-14-40-32-44(22-21-37(40)11-1)62-65-63(45-26-27-49-48-19-9-10-20-57(48)68-58(49)34-45)67-64(66-62)56-36-59-55(52-30-24-39-13-6-8-18-47(39)61(52)69-59)35-54(56)51-29-25-43-31-41-15-3-4-16-42(41)33-53(43)50-28-23-38-12-5-7-17-46(38)60(50)51/h1-24,26-28,30-36,51H,25,29H2. The van der Waals surface area contributed by atoms with E-state index in [9.17, 15) is 0 Å². The first-order valence-corrected chi connectivity index (χ1v) is 25.4. The lowest BCUT2D eigenvalue weighted by atomic mass is 9.80. The molecule has 5 heteroatoms. The smallest absolute Gasteiger partial charge is 0.164 e. The minimum absolute atomic E-state index is 0.0238. The van der Waals surface area contributed by atoms with Crippen molar-refractivity contribution < 1.29 is 0 Å². The molecule has 0 saturated heterocycles. The minimum Gasteiger partial charge on any atom is -0.208 e. The van der Waals surface area contributed by atoms with Crippen LogP contribution in [-0.4, -0.2) is 15.0 Å². The molecule has 1 aliphatic rings. The summed E-state index contributed by atoms with van der Waals surface area (Å²) >= 11 is 3.69. The molecule has 0 radical (unpaired) electrons. The van der Waals surface area contributed by atoms with Gasteiger partial charge in [0, 0.05) is 63.0 Å². The number of aryl methyl sites for hydroxylation is 1. The molecule has 3 aromatic heterocycles. The highest BCUT2D eigenvalue weighted by Gasteiger charge is 2.30. The van der Waals surface area contributed by atoms with Crippen LogP contribution in [0.15, 0.2) is 206 Å². The summed E-state index contributed by atoms with van der Waals surface area (Å²) in [7, 11) is 0. The van der Waals surface area contributed by atoms with E-state index < -0.39 is 0 Å². The Kier molecular flexibility index (Phi) is 8.59. The summed E-state index contributed by atoms with van der Waals surface area (Å²) in [5, 5.41) is 15.0. The molecule has 69 heavy (non-hydrogen) atoms. The minimum atomic E-state index is 0.0238. The van der Waals surface area contributed by atoms with Gasteiger partial charge in [-0.05, 0) is 120 Å². The highest BCUT2D eigenvalue weighted by molar-refractivity contribution is 7.27. The van der Waals surface area contributed by atoms with Gasteiger partial charge in [-0.15, -0.1) is 22.7 Å². The van der Waals surface area contributed by atoms with Crippen LogP contribution in [-0.2, 0) is 6.42 Å². The molecule has 322 valence electrons. The zero-order valence-electron chi connectivity index (χ0n) is 37.3. The van der Waals surface area contributed by atoms with Crippen molar-refractivity contribution in [3.05, 3.63) is 223 Å². The lowest BCUT2D eigenvalue weighted by Crippen LogP contribution is -2.08. The maximum absolute atomic E-state index is 5.59. The van der Waals surface area contributed by atoms with Crippen molar-refractivity contribution in [3.8, 4) is 45.3 Å². The number of benzene rings is 11. The Morgan fingerprint density at radius 3 is 1.75 bits per heavy atom. The van der Waals surface area contributed by atoms with Crippen molar-refractivity contribution in [2.45, 2.75) is 18.8 Å². The first-order valence-electron chi connectivity index (χ1n) is 23.7. The van der Waals surface area contributed by atoms with Crippen molar-refractivity contribution in [1.29, 1.82) is 0 Å². The second-order valence-electron chi connectivity index (χ2n) is 18.6. The Bertz CT molecular complexity index is 4460. The zero-order valence-corrected chi connectivity index (χ0v) is 38.9. The van der Waals surface area contributed by atoms with E-state index in [1.807, 2.05) is 22.7 Å². The molecule has 1 atom stereocenters. The summed E-state index contributed by atoms with van der Waals surface area (Å²) in [6.07, 6.45) is 1.86. The van der Waals surface area contributed by atoms with Crippen molar-refractivity contribution in [3.63, 3.8) is 0 Å². The fourth-order valence-corrected chi connectivity index (χ4v) is 13.8. The molecule has 0 spiro atoms. The van der Waals surface area contributed by atoms with Crippen LogP contribution in [0.3, 0.4) is 0 Å². The van der Waals surface area contributed by atoms with Crippen LogP contribution in [0.25, 0.3) is 129 Å². The van der Waals surface area contributed by atoms with E-state index in [1.54, 1.807) is 0 Å². The molecule has 11 aromatic carbocycles. The Labute approximate surface area is 405 Å². The number of thiophene rings is 2. The second kappa shape index (κ2) is 15.2. The van der Waals surface area contributed by atoms with E-state index in [1.165, 1.54) is 106 Å². The van der Waals surface area contributed by atoms with E-state index >= 15 is 0 Å². The average molecular weight is 914 g/mol. The zero-order chi connectivity index (χ0) is 45.2. The van der Waals surface area contributed by atoms with E-state index in [0.29, 0.717) is 17.5 Å². The molecule has 0 bridgehead atoms. The quantitative estimate of drug-likeness (QED) is 0.177. The van der Waals surface area contributed by atoms with Crippen LogP contribution in [0.4, 0.5) is 0 Å². The number of hydrogen-bond donors (Lipinski definition) is 0. The summed E-state index contributed by atoms with van der Waals surface area (Å²) in [4.78, 5) is 16.5. The van der Waals surface area contributed by atoms with Gasteiger partial charge in [0.25, 0.3) is 0 Å².